The van der Waals surface area contributed by atoms with Crippen LogP contribution in [0.4, 0.5) is 11.4 Å². The number of hydrogen-bond donors (Lipinski definition) is 2. The van der Waals surface area contributed by atoms with Crippen LogP contribution in [0.15, 0.2) is 46.0 Å². The molecule has 8 heteroatoms. The Labute approximate surface area is 140 Å². The minimum Gasteiger partial charge on any atom is -0.504 e. The number of hydrogen-bond acceptors (Lipinski definition) is 6. The average Bonchev–Trinajstić information content (AvgIpc) is 2.52. The SMILES string of the molecule is CCOc1cc(Br)cc(/C=N/Nc2ccc([N+](=O)[O-])cc2)c1O. The zero-order chi connectivity index (χ0) is 16.8. The summed E-state index contributed by atoms with van der Waals surface area (Å²) >= 11 is 3.34. The molecule has 0 saturated carbocycles. The van der Waals surface area contributed by atoms with Gasteiger partial charge in [0.15, 0.2) is 11.5 Å². The van der Waals surface area contributed by atoms with Crippen molar-refractivity contribution in [3.8, 4) is 11.5 Å². The highest BCUT2D eigenvalue weighted by Gasteiger charge is 2.09. The highest BCUT2D eigenvalue weighted by molar-refractivity contribution is 9.10. The van der Waals surface area contributed by atoms with Crippen molar-refractivity contribution in [1.29, 1.82) is 0 Å². The summed E-state index contributed by atoms with van der Waals surface area (Å²) in [4.78, 5) is 10.1. The number of benzene rings is 2. The summed E-state index contributed by atoms with van der Waals surface area (Å²) in [6.45, 7) is 2.26. The van der Waals surface area contributed by atoms with Crippen molar-refractivity contribution in [2.75, 3.05) is 12.0 Å². The van der Waals surface area contributed by atoms with Crippen LogP contribution in [0.2, 0.25) is 0 Å². The highest BCUT2D eigenvalue weighted by atomic mass is 79.9. The molecule has 0 unspecified atom stereocenters. The molecule has 0 aliphatic heterocycles. The van der Waals surface area contributed by atoms with Crippen molar-refractivity contribution >= 4 is 33.5 Å². The number of nitrogens with zero attached hydrogens (tertiary/aromatic N) is 2. The Bertz CT molecular complexity index is 732. The van der Waals surface area contributed by atoms with Gasteiger partial charge in [0.05, 0.1) is 23.4 Å². The largest absolute Gasteiger partial charge is 0.504 e. The lowest BCUT2D eigenvalue weighted by molar-refractivity contribution is -0.384. The van der Waals surface area contributed by atoms with E-state index in [1.807, 2.05) is 6.92 Å². The first kappa shape index (κ1) is 16.8. The van der Waals surface area contributed by atoms with E-state index < -0.39 is 4.92 Å². The van der Waals surface area contributed by atoms with Crippen molar-refractivity contribution < 1.29 is 14.8 Å². The van der Waals surface area contributed by atoms with Crippen LogP contribution in [-0.2, 0) is 0 Å². The molecule has 0 radical (unpaired) electrons. The number of ether oxygens (including phenoxy) is 1. The van der Waals surface area contributed by atoms with E-state index >= 15 is 0 Å². The van der Waals surface area contributed by atoms with Gasteiger partial charge < -0.3 is 9.84 Å². The summed E-state index contributed by atoms with van der Waals surface area (Å²) in [5.74, 6) is 0.350. The summed E-state index contributed by atoms with van der Waals surface area (Å²) in [6, 6.07) is 9.20. The summed E-state index contributed by atoms with van der Waals surface area (Å²) in [7, 11) is 0. The maximum Gasteiger partial charge on any atom is 0.269 e. The number of aromatic hydroxyl groups is 1. The van der Waals surface area contributed by atoms with E-state index in [1.165, 1.54) is 18.3 Å². The molecular formula is C15H14BrN3O4. The smallest absolute Gasteiger partial charge is 0.269 e. The number of hydrazone groups is 1. The Morgan fingerprint density at radius 2 is 2.09 bits per heavy atom. The third kappa shape index (κ3) is 4.43. The second kappa shape index (κ2) is 7.59. The van der Waals surface area contributed by atoms with Gasteiger partial charge >= 0.3 is 0 Å². The van der Waals surface area contributed by atoms with Crippen LogP contribution in [0.1, 0.15) is 12.5 Å². The van der Waals surface area contributed by atoms with Crippen molar-refractivity contribution in [2.45, 2.75) is 6.92 Å². The number of anilines is 1. The van der Waals surface area contributed by atoms with Crippen molar-refractivity contribution in [3.05, 3.63) is 56.5 Å². The molecule has 23 heavy (non-hydrogen) atoms. The van der Waals surface area contributed by atoms with Crippen LogP contribution in [0.3, 0.4) is 0 Å². The highest BCUT2D eigenvalue weighted by Crippen LogP contribution is 2.32. The molecular weight excluding hydrogens is 366 g/mol. The number of nitro groups is 1. The molecule has 0 atom stereocenters. The molecule has 0 amide bonds. The maximum atomic E-state index is 10.6. The molecule has 0 aliphatic carbocycles. The third-order valence-corrected chi connectivity index (χ3v) is 3.30. The molecule has 0 aromatic heterocycles. The van der Waals surface area contributed by atoms with Crippen LogP contribution < -0.4 is 10.2 Å². The van der Waals surface area contributed by atoms with Crippen LogP contribution in [0, 0.1) is 10.1 Å². The summed E-state index contributed by atoms with van der Waals surface area (Å²) in [6.07, 6.45) is 1.43. The van der Waals surface area contributed by atoms with Crippen molar-refractivity contribution in [2.24, 2.45) is 5.10 Å². The van der Waals surface area contributed by atoms with Gasteiger partial charge in [-0.15, -0.1) is 0 Å². The molecule has 0 saturated heterocycles. The van der Waals surface area contributed by atoms with Gasteiger partial charge in [0, 0.05) is 22.2 Å². The average molecular weight is 380 g/mol. The fourth-order valence-electron chi connectivity index (χ4n) is 1.79. The van der Waals surface area contributed by atoms with Crippen molar-refractivity contribution in [1.82, 2.24) is 0 Å². The van der Waals surface area contributed by atoms with Gasteiger partial charge in [0.25, 0.3) is 5.69 Å². The van der Waals surface area contributed by atoms with Gasteiger partial charge in [0.1, 0.15) is 0 Å². The Kier molecular flexibility index (Phi) is 5.53. The number of phenolic OH excluding ortho intramolecular Hbond substituents is 1. The normalized spacial score (nSPS) is 10.7. The molecule has 0 heterocycles. The Morgan fingerprint density at radius 3 is 2.70 bits per heavy atom. The van der Waals surface area contributed by atoms with E-state index in [1.54, 1.807) is 24.3 Å². The predicted molar refractivity (Wildman–Crippen MR) is 91.3 cm³/mol. The molecule has 0 bridgehead atoms. The Hall–Kier alpha value is -2.61. The Balaban J connectivity index is 2.12. The van der Waals surface area contributed by atoms with Gasteiger partial charge in [-0.25, -0.2) is 0 Å². The van der Waals surface area contributed by atoms with E-state index in [4.69, 9.17) is 4.74 Å². The summed E-state index contributed by atoms with van der Waals surface area (Å²) in [5.41, 5.74) is 3.80. The first-order valence-corrected chi connectivity index (χ1v) is 7.49. The first-order valence-electron chi connectivity index (χ1n) is 6.70. The molecule has 0 spiro atoms. The molecule has 0 fully saturated rings. The topological polar surface area (TPSA) is 97.0 Å². The number of nitrogens with one attached hydrogen (secondary N) is 1. The van der Waals surface area contributed by atoms with E-state index in [2.05, 4.69) is 26.5 Å². The fourth-order valence-corrected chi connectivity index (χ4v) is 2.25. The van der Waals surface area contributed by atoms with Gasteiger partial charge in [-0.3, -0.25) is 15.5 Å². The lowest BCUT2D eigenvalue weighted by Gasteiger charge is -2.08. The van der Waals surface area contributed by atoms with Crippen LogP contribution >= 0.6 is 15.9 Å². The lowest BCUT2D eigenvalue weighted by atomic mass is 10.2. The molecule has 120 valence electrons. The second-order valence-electron chi connectivity index (χ2n) is 4.45. The first-order chi connectivity index (χ1) is 11.0. The van der Waals surface area contributed by atoms with Crippen molar-refractivity contribution in [3.63, 3.8) is 0 Å². The molecule has 2 N–H and O–H groups in total. The molecule has 2 aromatic carbocycles. The molecule has 0 aliphatic rings. The number of rotatable bonds is 6. The number of halogens is 1. The molecule has 7 nitrogen and oxygen atoms in total. The van der Waals surface area contributed by atoms with Gasteiger partial charge in [-0.1, -0.05) is 15.9 Å². The van der Waals surface area contributed by atoms with Gasteiger partial charge in [-0.05, 0) is 31.2 Å². The standard InChI is InChI=1S/C15H14BrN3O4/c1-2-23-14-8-11(16)7-10(15(14)20)9-17-18-12-3-5-13(6-4-12)19(21)22/h3-9,18,20H,2H2,1H3/b17-9+. The number of nitro benzene ring substituents is 1. The fraction of sp³-hybridized carbons (Fsp3) is 0.133. The quantitative estimate of drug-likeness (QED) is 0.450. The van der Waals surface area contributed by atoms with Crippen LogP contribution in [0.25, 0.3) is 0 Å². The zero-order valence-corrected chi connectivity index (χ0v) is 13.8. The van der Waals surface area contributed by atoms with E-state index in [-0.39, 0.29) is 11.4 Å². The number of phenols is 1. The van der Waals surface area contributed by atoms with E-state index in [0.29, 0.717) is 23.6 Å². The van der Waals surface area contributed by atoms with Gasteiger partial charge in [-0.2, -0.15) is 5.10 Å². The van der Waals surface area contributed by atoms with E-state index in [9.17, 15) is 15.2 Å². The van der Waals surface area contributed by atoms with Crippen LogP contribution in [0.5, 0.6) is 11.5 Å². The van der Waals surface area contributed by atoms with Crippen LogP contribution in [-0.4, -0.2) is 22.9 Å². The minimum absolute atomic E-state index is 0.00511. The van der Waals surface area contributed by atoms with Gasteiger partial charge in [0.2, 0.25) is 0 Å². The molecule has 2 rings (SSSR count). The lowest BCUT2D eigenvalue weighted by Crippen LogP contribution is -1.96. The summed E-state index contributed by atoms with van der Waals surface area (Å²) < 4.78 is 6.08. The molecule has 2 aromatic rings. The van der Waals surface area contributed by atoms with E-state index in [0.717, 1.165) is 4.47 Å². The number of non-ortho nitro benzene ring substituents is 1. The minimum atomic E-state index is -0.470. The summed E-state index contributed by atoms with van der Waals surface area (Å²) in [5, 5.41) is 24.7. The predicted octanol–water partition coefficient (Wildman–Crippen LogP) is 3.91. The maximum absolute atomic E-state index is 10.6. The Morgan fingerprint density at radius 1 is 1.39 bits per heavy atom. The monoisotopic (exact) mass is 379 g/mol. The third-order valence-electron chi connectivity index (χ3n) is 2.84. The second-order valence-corrected chi connectivity index (χ2v) is 5.36. The zero-order valence-electron chi connectivity index (χ0n) is 12.2.